The van der Waals surface area contributed by atoms with Crippen LogP contribution < -0.4 is 4.74 Å². The molecule has 1 amide bonds. The Hall–Kier alpha value is -3.01. The van der Waals surface area contributed by atoms with Crippen LogP contribution in [0.4, 0.5) is 0 Å². The van der Waals surface area contributed by atoms with E-state index in [1.54, 1.807) is 18.0 Å². The third-order valence-electron chi connectivity index (χ3n) is 10.4. The van der Waals surface area contributed by atoms with Gasteiger partial charge in [-0.2, -0.15) is 0 Å². The maximum absolute atomic E-state index is 13.3. The number of hydrogen-bond acceptors (Lipinski definition) is 5. The van der Waals surface area contributed by atoms with Crippen LogP contribution >= 0.6 is 0 Å². The fourth-order valence-corrected chi connectivity index (χ4v) is 7.98. The summed E-state index contributed by atoms with van der Waals surface area (Å²) in [4.78, 5) is 17.5. The summed E-state index contributed by atoms with van der Waals surface area (Å²) in [6, 6.07) is 9.51. The summed E-state index contributed by atoms with van der Waals surface area (Å²) in [6.45, 7) is 6.06. The van der Waals surface area contributed by atoms with E-state index in [0.717, 1.165) is 48.5 Å². The molecule has 0 aromatic heterocycles. The first-order valence-electron chi connectivity index (χ1n) is 14.1. The summed E-state index contributed by atoms with van der Waals surface area (Å²) in [5.74, 6) is 7.06. The van der Waals surface area contributed by atoms with Gasteiger partial charge in [0, 0.05) is 49.1 Å². The molecule has 3 fully saturated rings. The van der Waals surface area contributed by atoms with Crippen molar-refractivity contribution in [1.29, 1.82) is 0 Å². The zero-order chi connectivity index (χ0) is 26.4. The fraction of sp³-hybridized carbons (Fsp3) is 0.531. The smallest absolute Gasteiger partial charge is 0.298 e. The molecule has 7 rings (SSSR count). The van der Waals surface area contributed by atoms with Gasteiger partial charge in [0.25, 0.3) is 5.91 Å². The lowest BCUT2D eigenvalue weighted by atomic mass is 9.48. The highest BCUT2D eigenvalue weighted by molar-refractivity contribution is 5.94. The molecule has 2 bridgehead atoms. The summed E-state index contributed by atoms with van der Waals surface area (Å²) >= 11 is 0. The predicted molar refractivity (Wildman–Crippen MR) is 144 cm³/mol. The van der Waals surface area contributed by atoms with Gasteiger partial charge in [0.2, 0.25) is 0 Å². The number of benzene rings is 2. The molecule has 6 heteroatoms. The summed E-state index contributed by atoms with van der Waals surface area (Å²) in [7, 11) is 1.80. The summed E-state index contributed by atoms with van der Waals surface area (Å²) < 4.78 is 6.51. The highest BCUT2D eigenvalue weighted by Gasteiger charge is 2.72. The van der Waals surface area contributed by atoms with Gasteiger partial charge in [0.1, 0.15) is 6.10 Å². The molecule has 38 heavy (non-hydrogen) atoms. The predicted octanol–water partition coefficient (Wildman–Crippen LogP) is 3.45. The third-order valence-corrected chi connectivity index (χ3v) is 10.4. The van der Waals surface area contributed by atoms with Crippen molar-refractivity contribution in [2.45, 2.75) is 81.6 Å². The lowest BCUT2D eigenvalue weighted by molar-refractivity contribution is -0.198. The lowest BCUT2D eigenvalue weighted by Gasteiger charge is -2.64. The number of piperidine rings is 1. The summed E-state index contributed by atoms with van der Waals surface area (Å²) in [5.41, 5.74) is 3.79. The number of carbonyl (C=O) groups excluding carboxylic acids is 1. The average molecular weight is 513 g/mol. The molecule has 2 N–H and O–H groups in total. The normalized spacial score (nSPS) is 32.6. The molecular formula is C32H36N2O4. The number of amides is 1. The van der Waals surface area contributed by atoms with Gasteiger partial charge in [0.05, 0.1) is 11.0 Å². The number of nitrogens with zero attached hydrogens (tertiary/aromatic N) is 2. The first-order chi connectivity index (χ1) is 18.2. The van der Waals surface area contributed by atoms with Gasteiger partial charge in [-0.25, -0.2) is 0 Å². The largest absolute Gasteiger partial charge is 0.504 e. The van der Waals surface area contributed by atoms with E-state index in [0.29, 0.717) is 18.6 Å². The molecular weight excluding hydrogens is 476 g/mol. The first kappa shape index (κ1) is 24.1. The van der Waals surface area contributed by atoms with Crippen molar-refractivity contribution in [1.82, 2.24) is 9.80 Å². The number of likely N-dealkylation sites (tertiary alicyclic amines) is 1. The number of aromatic hydroxyl groups is 1. The van der Waals surface area contributed by atoms with Gasteiger partial charge in [-0.1, -0.05) is 18.1 Å². The van der Waals surface area contributed by atoms with Crippen molar-refractivity contribution in [2.75, 3.05) is 20.1 Å². The molecule has 1 saturated heterocycles. The number of carbonyl (C=O) groups is 1. The molecule has 0 radical (unpaired) electrons. The minimum absolute atomic E-state index is 0.0288. The van der Waals surface area contributed by atoms with Crippen LogP contribution in [0.5, 0.6) is 11.5 Å². The minimum Gasteiger partial charge on any atom is -0.504 e. The third kappa shape index (κ3) is 3.31. The van der Waals surface area contributed by atoms with Crippen molar-refractivity contribution in [3.8, 4) is 23.3 Å². The van der Waals surface area contributed by atoms with Crippen LogP contribution in [0.2, 0.25) is 0 Å². The number of aryl methyl sites for hydroxylation is 2. The molecule has 2 aliphatic heterocycles. The van der Waals surface area contributed by atoms with Crippen molar-refractivity contribution in [3.05, 3.63) is 58.1 Å². The van der Waals surface area contributed by atoms with E-state index in [9.17, 15) is 15.0 Å². The molecule has 198 valence electrons. The maximum Gasteiger partial charge on any atom is 0.298 e. The number of hydrogen-bond donors (Lipinski definition) is 2. The number of ether oxygens (including phenoxy) is 1. The molecule has 3 aliphatic carbocycles. The molecule has 1 spiro atoms. The SMILES string of the molecule is Cc1ccc(C#CC(=O)N(C)[C@H]2C[C@@H]3Oc4c(O)ccc5c4[C@@]34CCN(CC3CC3)[C@H](C5)[C@]4(O)C2)cc1C. The van der Waals surface area contributed by atoms with Crippen LogP contribution in [0.25, 0.3) is 0 Å². The molecule has 5 aliphatic rings. The van der Waals surface area contributed by atoms with Crippen LogP contribution in [0.3, 0.4) is 0 Å². The Kier molecular flexibility index (Phi) is 5.22. The van der Waals surface area contributed by atoms with E-state index in [1.165, 1.54) is 24.0 Å². The Morgan fingerprint density at radius 2 is 2.03 bits per heavy atom. The van der Waals surface area contributed by atoms with Crippen molar-refractivity contribution < 1.29 is 19.7 Å². The topological polar surface area (TPSA) is 73.2 Å². The minimum atomic E-state index is -1.05. The van der Waals surface area contributed by atoms with Crippen molar-refractivity contribution in [2.24, 2.45) is 5.92 Å². The summed E-state index contributed by atoms with van der Waals surface area (Å²) in [5, 5.41) is 23.5. The van der Waals surface area contributed by atoms with Crippen LogP contribution in [-0.2, 0) is 16.6 Å². The second-order valence-electron chi connectivity index (χ2n) is 12.4. The highest BCUT2D eigenvalue weighted by Crippen LogP contribution is 2.65. The van der Waals surface area contributed by atoms with Crippen LogP contribution in [0.15, 0.2) is 30.3 Å². The first-order valence-corrected chi connectivity index (χ1v) is 14.1. The van der Waals surface area contributed by atoms with Gasteiger partial charge in [-0.05, 0) is 93.3 Å². The van der Waals surface area contributed by atoms with E-state index >= 15 is 0 Å². The Balaban J connectivity index is 1.23. The molecule has 2 aromatic carbocycles. The van der Waals surface area contributed by atoms with Gasteiger partial charge in [0.15, 0.2) is 11.5 Å². The molecule has 6 nitrogen and oxygen atoms in total. The van der Waals surface area contributed by atoms with Gasteiger partial charge in [-0.15, -0.1) is 0 Å². The highest BCUT2D eigenvalue weighted by atomic mass is 16.5. The number of phenolic OH excluding ortho intramolecular Hbond substituents is 1. The Morgan fingerprint density at radius 1 is 1.21 bits per heavy atom. The van der Waals surface area contributed by atoms with Gasteiger partial charge >= 0.3 is 0 Å². The standard InChI is InChI=1S/C32H36N2O4/c1-19-4-5-21(14-20(19)2)8-11-28(36)33(3)24-16-27-31-12-13-34(18-22-6-7-22)26(32(31,37)17-24)15-23-9-10-25(35)30(38-27)29(23)31/h4-5,9-10,14,22,24,26-27,35,37H,6-7,12-13,15-18H2,1-3H3/t24-,26+,27-,31+,32+/m0/s1. The average Bonchev–Trinajstić information content (AvgIpc) is 3.64. The van der Waals surface area contributed by atoms with Gasteiger partial charge in [-0.3, -0.25) is 9.69 Å². The monoisotopic (exact) mass is 512 g/mol. The molecule has 2 aromatic rings. The molecule has 2 saturated carbocycles. The van der Waals surface area contributed by atoms with Crippen LogP contribution in [-0.4, -0.2) is 69.8 Å². The Bertz CT molecular complexity index is 1400. The quantitative estimate of drug-likeness (QED) is 0.617. The van der Waals surface area contributed by atoms with Crippen LogP contribution in [0.1, 0.15) is 59.9 Å². The summed E-state index contributed by atoms with van der Waals surface area (Å²) in [6.07, 6.45) is 4.89. The Morgan fingerprint density at radius 3 is 2.79 bits per heavy atom. The van der Waals surface area contributed by atoms with E-state index < -0.39 is 11.0 Å². The maximum atomic E-state index is 13.3. The van der Waals surface area contributed by atoms with E-state index in [1.807, 2.05) is 31.2 Å². The lowest BCUT2D eigenvalue weighted by Crippen LogP contribution is -2.77. The zero-order valence-corrected chi connectivity index (χ0v) is 22.5. The van der Waals surface area contributed by atoms with Crippen LogP contribution in [0, 0.1) is 31.6 Å². The zero-order valence-electron chi connectivity index (χ0n) is 22.5. The molecule has 2 heterocycles. The fourth-order valence-electron chi connectivity index (χ4n) is 7.98. The van der Waals surface area contributed by atoms with E-state index in [4.69, 9.17) is 4.74 Å². The molecule has 5 atom stereocenters. The number of aliphatic hydroxyl groups is 1. The second kappa shape index (κ2) is 8.24. The second-order valence-corrected chi connectivity index (χ2v) is 12.4. The van der Waals surface area contributed by atoms with E-state index in [-0.39, 0.29) is 29.8 Å². The van der Waals surface area contributed by atoms with Crippen molar-refractivity contribution in [3.63, 3.8) is 0 Å². The van der Waals surface area contributed by atoms with Crippen molar-refractivity contribution >= 4 is 5.91 Å². The Labute approximate surface area is 224 Å². The number of rotatable bonds is 3. The van der Waals surface area contributed by atoms with E-state index in [2.05, 4.69) is 23.7 Å². The number of phenols is 1. The van der Waals surface area contributed by atoms with Gasteiger partial charge < -0.3 is 19.8 Å². The molecule has 0 unspecified atom stereocenters.